The number of morpholine rings is 1. The molecule has 2 aliphatic heterocycles. The molecular formula is C27H28N2O6. The Hall–Kier alpha value is -3.62. The molecule has 0 radical (unpaired) electrons. The average molecular weight is 477 g/mol. The molecule has 1 aromatic heterocycles. The number of aliphatic hydroxyl groups excluding tert-OH is 1. The van der Waals surface area contributed by atoms with Crippen LogP contribution in [0.4, 0.5) is 0 Å². The van der Waals surface area contributed by atoms with Crippen molar-refractivity contribution in [1.82, 2.24) is 9.80 Å². The van der Waals surface area contributed by atoms with Gasteiger partial charge in [-0.1, -0.05) is 30.3 Å². The van der Waals surface area contributed by atoms with Crippen molar-refractivity contribution in [2.45, 2.75) is 12.5 Å². The van der Waals surface area contributed by atoms with Gasteiger partial charge in [-0.3, -0.25) is 14.5 Å². The maximum absolute atomic E-state index is 13.6. The molecule has 0 spiro atoms. The topological polar surface area (TPSA) is 92.5 Å². The number of methoxy groups -OCH3 is 1. The monoisotopic (exact) mass is 476 g/mol. The van der Waals surface area contributed by atoms with Crippen LogP contribution in [0.2, 0.25) is 0 Å². The van der Waals surface area contributed by atoms with Gasteiger partial charge in [0, 0.05) is 31.6 Å². The van der Waals surface area contributed by atoms with Crippen molar-refractivity contribution in [2.24, 2.45) is 0 Å². The molecule has 1 amide bonds. The van der Waals surface area contributed by atoms with Crippen molar-refractivity contribution in [2.75, 3.05) is 46.5 Å². The van der Waals surface area contributed by atoms with Crippen LogP contribution in [0.5, 0.6) is 5.75 Å². The number of rotatable bonds is 8. The second-order valence-electron chi connectivity index (χ2n) is 8.72. The van der Waals surface area contributed by atoms with E-state index in [1.165, 1.54) is 0 Å². The molecule has 1 N–H and O–H groups in total. The van der Waals surface area contributed by atoms with Gasteiger partial charge >= 0.3 is 0 Å². The van der Waals surface area contributed by atoms with Gasteiger partial charge in [0.1, 0.15) is 11.3 Å². The first-order chi connectivity index (χ1) is 17.1. The summed E-state index contributed by atoms with van der Waals surface area (Å²) in [6.07, 6.45) is 0.706. The van der Waals surface area contributed by atoms with Gasteiger partial charge in [0.05, 0.1) is 31.9 Å². The molecule has 3 aromatic rings. The van der Waals surface area contributed by atoms with E-state index < -0.39 is 23.5 Å². The maximum Gasteiger partial charge on any atom is 0.290 e. The third kappa shape index (κ3) is 4.54. The lowest BCUT2D eigenvalue weighted by molar-refractivity contribution is -0.129. The number of ether oxygens (including phenoxy) is 2. The van der Waals surface area contributed by atoms with Crippen molar-refractivity contribution in [1.29, 1.82) is 0 Å². The smallest absolute Gasteiger partial charge is 0.290 e. The first-order valence-electron chi connectivity index (χ1n) is 11.8. The summed E-state index contributed by atoms with van der Waals surface area (Å²) < 4.78 is 16.5. The molecule has 8 heteroatoms. The fraction of sp³-hybridized carbons (Fsp3) is 0.333. The zero-order valence-electron chi connectivity index (χ0n) is 19.6. The number of fused-ring (bicyclic) bond motifs is 1. The van der Waals surface area contributed by atoms with Gasteiger partial charge in [-0.2, -0.15) is 0 Å². The first-order valence-corrected chi connectivity index (χ1v) is 11.8. The minimum Gasteiger partial charge on any atom is -0.503 e. The minimum atomic E-state index is -0.723. The third-order valence-electron chi connectivity index (χ3n) is 6.61. The van der Waals surface area contributed by atoms with E-state index in [4.69, 9.17) is 13.9 Å². The van der Waals surface area contributed by atoms with Gasteiger partial charge in [-0.05, 0) is 36.2 Å². The number of Topliss-reactive ketones (excluding diaryl/α,β-unsaturated/α-hetero) is 1. The molecule has 0 aliphatic carbocycles. The van der Waals surface area contributed by atoms with E-state index in [1.54, 1.807) is 36.3 Å². The molecule has 2 aliphatic rings. The Morgan fingerprint density at radius 3 is 2.54 bits per heavy atom. The number of benzene rings is 2. The molecule has 182 valence electrons. The molecule has 1 fully saturated rings. The zero-order valence-corrected chi connectivity index (χ0v) is 19.6. The summed E-state index contributed by atoms with van der Waals surface area (Å²) >= 11 is 0. The Labute approximate surface area is 203 Å². The summed E-state index contributed by atoms with van der Waals surface area (Å²) in [5.74, 6) is -0.817. The molecule has 1 saturated heterocycles. The number of carbonyl (C=O) groups is 2. The predicted octanol–water partition coefficient (Wildman–Crippen LogP) is 3.74. The van der Waals surface area contributed by atoms with E-state index in [2.05, 4.69) is 4.90 Å². The van der Waals surface area contributed by atoms with Crippen molar-refractivity contribution in [3.63, 3.8) is 0 Å². The molecular weight excluding hydrogens is 448 g/mol. The van der Waals surface area contributed by atoms with Gasteiger partial charge in [0.25, 0.3) is 5.91 Å². The van der Waals surface area contributed by atoms with Gasteiger partial charge in [0.2, 0.25) is 5.78 Å². The number of aliphatic hydroxyl groups is 1. The van der Waals surface area contributed by atoms with Crippen LogP contribution in [0.25, 0.3) is 11.0 Å². The maximum atomic E-state index is 13.6. The lowest BCUT2D eigenvalue weighted by Crippen LogP contribution is -2.39. The number of amides is 1. The van der Waals surface area contributed by atoms with Crippen LogP contribution < -0.4 is 4.74 Å². The van der Waals surface area contributed by atoms with Crippen LogP contribution in [0.3, 0.4) is 0 Å². The number of hydrogen-bond acceptors (Lipinski definition) is 7. The van der Waals surface area contributed by atoms with E-state index in [0.717, 1.165) is 25.0 Å². The Morgan fingerprint density at radius 2 is 1.83 bits per heavy atom. The van der Waals surface area contributed by atoms with Crippen LogP contribution in [0.15, 0.2) is 70.3 Å². The van der Waals surface area contributed by atoms with Gasteiger partial charge in [0.15, 0.2) is 11.5 Å². The van der Waals surface area contributed by atoms with Crippen molar-refractivity contribution in [3.05, 3.63) is 77.3 Å². The summed E-state index contributed by atoms with van der Waals surface area (Å²) in [7, 11) is 1.58. The molecule has 2 aromatic carbocycles. The van der Waals surface area contributed by atoms with E-state index in [9.17, 15) is 14.7 Å². The molecule has 8 nitrogen and oxygen atoms in total. The van der Waals surface area contributed by atoms with Crippen LogP contribution >= 0.6 is 0 Å². The second kappa shape index (κ2) is 9.93. The summed E-state index contributed by atoms with van der Waals surface area (Å²) in [4.78, 5) is 30.7. The summed E-state index contributed by atoms with van der Waals surface area (Å²) in [5, 5.41) is 11.7. The molecule has 0 saturated carbocycles. The second-order valence-corrected chi connectivity index (χ2v) is 8.72. The molecule has 0 unspecified atom stereocenters. The zero-order chi connectivity index (χ0) is 24.4. The van der Waals surface area contributed by atoms with E-state index in [-0.39, 0.29) is 11.3 Å². The van der Waals surface area contributed by atoms with Crippen LogP contribution in [0, 0.1) is 0 Å². The highest BCUT2D eigenvalue weighted by Gasteiger charge is 2.44. The SMILES string of the molecule is COc1ccc([C@H]2C(C(=O)c3cc4ccccc4o3)=C(O)C(=O)N2CCCN2CCOCC2)cc1. The standard InChI is InChI=1S/C27H28N2O6/c1-33-20-9-7-18(8-10-20)24-23(25(30)22-17-19-5-2-3-6-21(19)35-22)26(31)27(32)29(24)12-4-11-28-13-15-34-16-14-28/h2-3,5-10,17,24,31H,4,11-16H2,1H3/t24-/m0/s1. The molecule has 1 atom stereocenters. The minimum absolute atomic E-state index is 0.0330. The van der Waals surface area contributed by atoms with Gasteiger partial charge < -0.3 is 23.9 Å². The summed E-state index contributed by atoms with van der Waals surface area (Å²) in [5.41, 5.74) is 1.32. The number of para-hydroxylation sites is 1. The van der Waals surface area contributed by atoms with Crippen LogP contribution in [-0.4, -0.2) is 73.1 Å². The quantitative estimate of drug-likeness (QED) is 0.495. The Bertz CT molecular complexity index is 1220. The third-order valence-corrected chi connectivity index (χ3v) is 6.61. The van der Waals surface area contributed by atoms with Gasteiger partial charge in [-0.25, -0.2) is 0 Å². The number of furan rings is 1. The fourth-order valence-corrected chi connectivity index (χ4v) is 4.76. The Morgan fingerprint density at radius 1 is 1.09 bits per heavy atom. The highest BCUT2D eigenvalue weighted by atomic mass is 16.5. The van der Waals surface area contributed by atoms with Crippen molar-refractivity contribution in [3.8, 4) is 5.75 Å². The Kier molecular flexibility index (Phi) is 6.57. The molecule has 35 heavy (non-hydrogen) atoms. The summed E-state index contributed by atoms with van der Waals surface area (Å²) in [6.45, 7) is 4.32. The summed E-state index contributed by atoms with van der Waals surface area (Å²) in [6, 6.07) is 15.4. The van der Waals surface area contributed by atoms with Gasteiger partial charge in [-0.15, -0.1) is 0 Å². The largest absolute Gasteiger partial charge is 0.503 e. The number of hydrogen-bond donors (Lipinski definition) is 1. The number of nitrogens with zero attached hydrogens (tertiary/aromatic N) is 2. The average Bonchev–Trinajstić information content (AvgIpc) is 3.44. The van der Waals surface area contributed by atoms with E-state index in [1.807, 2.05) is 30.3 Å². The lowest BCUT2D eigenvalue weighted by atomic mass is 9.95. The molecule has 3 heterocycles. The lowest BCUT2D eigenvalue weighted by Gasteiger charge is -2.30. The van der Waals surface area contributed by atoms with Crippen molar-refractivity contribution < 1.29 is 28.6 Å². The van der Waals surface area contributed by atoms with Crippen LogP contribution in [0.1, 0.15) is 28.6 Å². The van der Waals surface area contributed by atoms with E-state index in [0.29, 0.717) is 43.1 Å². The number of carbonyl (C=O) groups excluding carboxylic acids is 2. The highest BCUT2D eigenvalue weighted by molar-refractivity contribution is 6.16. The van der Waals surface area contributed by atoms with Crippen LogP contribution in [-0.2, 0) is 9.53 Å². The van der Waals surface area contributed by atoms with E-state index >= 15 is 0 Å². The molecule has 5 rings (SSSR count). The van der Waals surface area contributed by atoms with Crippen molar-refractivity contribution >= 4 is 22.7 Å². The highest BCUT2D eigenvalue weighted by Crippen LogP contribution is 2.40. The predicted molar refractivity (Wildman–Crippen MR) is 130 cm³/mol. The number of ketones is 1. The first kappa shape index (κ1) is 23.1. The Balaban J connectivity index is 1.45. The normalized spacial score (nSPS) is 19.1. The fourth-order valence-electron chi connectivity index (χ4n) is 4.76. The molecule has 0 bridgehead atoms.